The lowest BCUT2D eigenvalue weighted by atomic mass is 9.81. The summed E-state index contributed by atoms with van der Waals surface area (Å²) in [5, 5.41) is 13.1. The van der Waals surface area contributed by atoms with Crippen LogP contribution < -0.4 is 38.8 Å². The van der Waals surface area contributed by atoms with Gasteiger partial charge in [0.1, 0.15) is 11.7 Å². The van der Waals surface area contributed by atoms with E-state index in [0.29, 0.717) is 35.8 Å². The largest absolute Gasteiger partial charge is 0.382 e. The number of benzene rings is 2. The number of nitrogens with one attached hydrogen (secondary N) is 4. The minimum absolute atomic E-state index is 0.0818. The Kier molecular flexibility index (Phi) is 14.7. The molecule has 5 rings (SSSR count). The van der Waals surface area contributed by atoms with E-state index in [1.807, 2.05) is 37.3 Å². The first kappa shape index (κ1) is 39.1. The molecule has 12 heteroatoms. The molecule has 1 saturated heterocycles. The SMILES string of the molecule is CC(=O)c1ccc(-c2ccc(C[C@H](NC(=O)C3CCC(CN)CC3)C(=O)Nc3ccc(/C(N)=N/NN)cc3)cc2)c(C)n1.CC1C[C@H](C)CCN1. The molecule has 10 N–H and O–H groups in total. The van der Waals surface area contributed by atoms with Crippen molar-refractivity contribution in [3.8, 4) is 11.1 Å². The topological polar surface area (TPSA) is 203 Å². The summed E-state index contributed by atoms with van der Waals surface area (Å²) in [6, 6.07) is 18.2. The van der Waals surface area contributed by atoms with E-state index in [9.17, 15) is 14.4 Å². The summed E-state index contributed by atoms with van der Waals surface area (Å²) in [5.74, 6) is 6.13. The number of ketones is 1. The Morgan fingerprint density at radius 1 is 0.961 bits per heavy atom. The summed E-state index contributed by atoms with van der Waals surface area (Å²) in [6.07, 6.45) is 6.37. The van der Waals surface area contributed by atoms with E-state index in [4.69, 9.17) is 17.3 Å². The number of hydrazine groups is 1. The van der Waals surface area contributed by atoms with Crippen molar-refractivity contribution in [1.29, 1.82) is 0 Å². The summed E-state index contributed by atoms with van der Waals surface area (Å²) in [7, 11) is 0. The van der Waals surface area contributed by atoms with E-state index in [1.165, 1.54) is 26.3 Å². The Bertz CT molecular complexity index is 1630. The number of hydrazone groups is 1. The first-order chi connectivity index (χ1) is 24.5. The number of aryl methyl sites for hydroxylation is 1. The second-order valence-corrected chi connectivity index (χ2v) is 14.0. The Morgan fingerprint density at radius 2 is 1.65 bits per heavy atom. The number of carbonyl (C=O) groups is 3. The van der Waals surface area contributed by atoms with Gasteiger partial charge in [0.15, 0.2) is 11.6 Å². The number of pyridine rings is 1. The lowest BCUT2D eigenvalue weighted by Crippen LogP contribution is -2.48. The van der Waals surface area contributed by atoms with Gasteiger partial charge in [-0.25, -0.2) is 16.4 Å². The number of Topliss-reactive ketones (excluding diaryl/α,β-unsaturated/α-hetero) is 1. The highest BCUT2D eigenvalue weighted by Crippen LogP contribution is 2.29. The van der Waals surface area contributed by atoms with Crippen molar-refractivity contribution in [2.75, 3.05) is 18.4 Å². The predicted molar refractivity (Wildman–Crippen MR) is 204 cm³/mol. The maximum atomic E-state index is 13.5. The van der Waals surface area contributed by atoms with Gasteiger partial charge < -0.3 is 27.4 Å². The monoisotopic (exact) mass is 697 g/mol. The molecular weight excluding hydrogens is 642 g/mol. The minimum atomic E-state index is -0.795. The third kappa shape index (κ3) is 11.7. The number of hydrogen-bond donors (Lipinski definition) is 7. The summed E-state index contributed by atoms with van der Waals surface area (Å²) in [6.45, 7) is 9.81. The van der Waals surface area contributed by atoms with E-state index in [2.05, 4.69) is 45.4 Å². The number of aromatic nitrogens is 1. The molecule has 2 fully saturated rings. The van der Waals surface area contributed by atoms with Gasteiger partial charge in [0.2, 0.25) is 11.8 Å². The van der Waals surface area contributed by atoms with Crippen molar-refractivity contribution < 1.29 is 14.4 Å². The lowest BCUT2D eigenvalue weighted by molar-refractivity contribution is -0.130. The molecule has 2 aliphatic rings. The number of carbonyl (C=O) groups excluding carboxylic acids is 3. The fourth-order valence-electron chi connectivity index (χ4n) is 6.75. The van der Waals surface area contributed by atoms with Crippen LogP contribution in [0.25, 0.3) is 11.1 Å². The molecule has 274 valence electrons. The first-order valence-electron chi connectivity index (χ1n) is 18.0. The Labute approximate surface area is 301 Å². The maximum absolute atomic E-state index is 13.5. The van der Waals surface area contributed by atoms with Gasteiger partial charge in [0, 0.05) is 47.8 Å². The van der Waals surface area contributed by atoms with Crippen molar-refractivity contribution in [3.05, 3.63) is 83.2 Å². The molecule has 1 aliphatic carbocycles. The molecule has 51 heavy (non-hydrogen) atoms. The molecule has 1 saturated carbocycles. The Hall–Kier alpha value is -4.65. The second-order valence-electron chi connectivity index (χ2n) is 14.0. The number of amidine groups is 1. The van der Waals surface area contributed by atoms with Crippen molar-refractivity contribution >= 4 is 29.1 Å². The van der Waals surface area contributed by atoms with Crippen LogP contribution in [0.2, 0.25) is 0 Å². The van der Waals surface area contributed by atoms with Gasteiger partial charge in [-0.3, -0.25) is 14.4 Å². The molecule has 1 unspecified atom stereocenters. The summed E-state index contributed by atoms with van der Waals surface area (Å²) >= 11 is 0. The molecule has 3 aromatic rings. The average molecular weight is 698 g/mol. The standard InChI is InChI=1S/C32H40N8O3.C7H15N/c1-19-27(15-16-28(36-19)20(2)41)23-7-3-21(4-8-23)17-29(38-31(42)25-9-5-22(18-33)6-10-25)32(43)37-26-13-11-24(12-14-26)30(34)39-40-35;1-6-3-4-8-7(2)5-6/h3-4,7-8,11-16,22,25,29,40H,5-6,9-10,17-18,33,35H2,1-2H3,(H2,34,39)(H,37,43)(H,38,42);6-8H,3-5H2,1-2H3/t22?,25?,29-;6-,7?/m01/s1. The number of hydrogen-bond acceptors (Lipinski definition) is 9. The lowest BCUT2D eigenvalue weighted by Gasteiger charge is -2.28. The quantitative estimate of drug-likeness (QED) is 0.0505. The number of nitrogens with two attached hydrogens (primary N) is 3. The molecule has 2 aromatic carbocycles. The number of piperidine rings is 1. The van der Waals surface area contributed by atoms with Gasteiger partial charge >= 0.3 is 0 Å². The van der Waals surface area contributed by atoms with Crippen LogP contribution in [0.4, 0.5) is 5.69 Å². The molecule has 0 bridgehead atoms. The van der Waals surface area contributed by atoms with Crippen LogP contribution in [-0.4, -0.2) is 53.6 Å². The van der Waals surface area contributed by atoms with Gasteiger partial charge in [-0.2, -0.15) is 0 Å². The third-order valence-corrected chi connectivity index (χ3v) is 9.85. The van der Waals surface area contributed by atoms with Crippen LogP contribution >= 0.6 is 0 Å². The zero-order chi connectivity index (χ0) is 36.9. The van der Waals surface area contributed by atoms with E-state index in [0.717, 1.165) is 60.0 Å². The molecular formula is C39H55N9O3. The molecule has 1 aliphatic heterocycles. The van der Waals surface area contributed by atoms with Crippen LogP contribution in [-0.2, 0) is 16.0 Å². The van der Waals surface area contributed by atoms with Gasteiger partial charge in [0.05, 0.1) is 0 Å². The third-order valence-electron chi connectivity index (χ3n) is 9.85. The van der Waals surface area contributed by atoms with E-state index >= 15 is 0 Å². The molecule has 2 amide bonds. The predicted octanol–water partition coefficient (Wildman–Crippen LogP) is 4.17. The van der Waals surface area contributed by atoms with Crippen LogP contribution in [0.15, 0.2) is 65.8 Å². The molecule has 2 heterocycles. The van der Waals surface area contributed by atoms with Crippen molar-refractivity contribution in [2.24, 2.45) is 40.2 Å². The highest BCUT2D eigenvalue weighted by atomic mass is 16.2. The molecule has 0 spiro atoms. The van der Waals surface area contributed by atoms with Crippen molar-refractivity contribution in [3.63, 3.8) is 0 Å². The molecule has 3 atom stereocenters. The minimum Gasteiger partial charge on any atom is -0.382 e. The van der Waals surface area contributed by atoms with Crippen LogP contribution in [0, 0.1) is 24.7 Å². The van der Waals surface area contributed by atoms with Crippen LogP contribution in [0.3, 0.4) is 0 Å². The molecule has 12 nitrogen and oxygen atoms in total. The second kappa shape index (κ2) is 19.1. The number of amides is 2. The fraction of sp³-hybridized carbons (Fsp3) is 0.462. The van der Waals surface area contributed by atoms with Gasteiger partial charge in [-0.15, -0.1) is 5.10 Å². The zero-order valence-electron chi connectivity index (χ0n) is 30.4. The highest BCUT2D eigenvalue weighted by Gasteiger charge is 2.29. The molecule has 1 aromatic heterocycles. The summed E-state index contributed by atoms with van der Waals surface area (Å²) in [4.78, 5) is 42.9. The van der Waals surface area contributed by atoms with E-state index < -0.39 is 6.04 Å². The van der Waals surface area contributed by atoms with Gasteiger partial charge in [-0.1, -0.05) is 37.3 Å². The van der Waals surface area contributed by atoms with Gasteiger partial charge in [0.25, 0.3) is 0 Å². The van der Waals surface area contributed by atoms with Crippen molar-refractivity contribution in [2.45, 2.75) is 84.7 Å². The van der Waals surface area contributed by atoms with E-state index in [-0.39, 0.29) is 29.4 Å². The average Bonchev–Trinajstić information content (AvgIpc) is 3.12. The number of anilines is 1. The molecule has 0 radical (unpaired) electrons. The van der Waals surface area contributed by atoms with Crippen molar-refractivity contribution in [1.82, 2.24) is 21.2 Å². The normalized spacial score (nSPS) is 21.0. The number of rotatable bonds is 11. The zero-order valence-corrected chi connectivity index (χ0v) is 30.4. The fourth-order valence-corrected chi connectivity index (χ4v) is 6.75. The number of nitrogens with zero attached hydrogens (tertiary/aromatic N) is 2. The van der Waals surface area contributed by atoms with E-state index in [1.54, 1.807) is 30.3 Å². The summed E-state index contributed by atoms with van der Waals surface area (Å²) < 4.78 is 0. The smallest absolute Gasteiger partial charge is 0.247 e. The van der Waals surface area contributed by atoms with Crippen LogP contribution in [0.1, 0.15) is 86.6 Å². The van der Waals surface area contributed by atoms with Gasteiger partial charge in [-0.05, 0) is 119 Å². The van der Waals surface area contributed by atoms with Crippen LogP contribution in [0.5, 0.6) is 0 Å². The summed E-state index contributed by atoms with van der Waals surface area (Å²) in [5.41, 5.74) is 19.0. The Morgan fingerprint density at radius 3 is 2.20 bits per heavy atom. The highest BCUT2D eigenvalue weighted by molar-refractivity contribution is 6.00. The maximum Gasteiger partial charge on any atom is 0.247 e. The first-order valence-corrected chi connectivity index (χ1v) is 18.0. The Balaban J connectivity index is 0.000000641.